The fourth-order valence-electron chi connectivity index (χ4n) is 1.99. The maximum absolute atomic E-state index is 6.15. The first-order valence-electron chi connectivity index (χ1n) is 7.05. The molecule has 0 atom stereocenters. The predicted octanol–water partition coefficient (Wildman–Crippen LogP) is 3.63. The lowest BCUT2D eigenvalue weighted by Crippen LogP contribution is -2.37. The van der Waals surface area contributed by atoms with Crippen LogP contribution < -0.4 is 10.6 Å². The molecule has 1 aromatic carbocycles. The summed E-state index contributed by atoms with van der Waals surface area (Å²) >= 11 is 12.0. The lowest BCUT2D eigenvalue weighted by molar-refractivity contribution is 0.737. The lowest BCUT2D eigenvalue weighted by atomic mass is 10.1. The van der Waals surface area contributed by atoms with E-state index in [0.29, 0.717) is 16.6 Å². The number of H-pyrrole nitrogens is 1. The minimum absolute atomic E-state index is 0. The number of hydrogen-bond acceptors (Lipinski definition) is 2. The molecule has 0 aliphatic rings. The van der Waals surface area contributed by atoms with E-state index >= 15 is 0 Å². The second-order valence-electron chi connectivity index (χ2n) is 4.77. The van der Waals surface area contributed by atoms with E-state index in [9.17, 15) is 0 Å². The van der Waals surface area contributed by atoms with E-state index in [1.165, 1.54) is 0 Å². The fraction of sp³-hybridized carbons (Fsp3) is 0.333. The van der Waals surface area contributed by atoms with Crippen molar-refractivity contribution in [1.29, 1.82) is 0 Å². The molecule has 2 aromatic rings. The Hall–Kier alpha value is -0.990. The molecule has 0 unspecified atom stereocenters. The normalized spacial score (nSPS) is 11.0. The van der Waals surface area contributed by atoms with Gasteiger partial charge in [0.2, 0.25) is 0 Å². The monoisotopic (exact) mass is 467 g/mol. The number of aromatic amines is 1. The van der Waals surface area contributed by atoms with Crippen molar-refractivity contribution in [3.63, 3.8) is 0 Å². The maximum Gasteiger partial charge on any atom is 0.191 e. The highest BCUT2D eigenvalue weighted by atomic mass is 127. The van der Waals surface area contributed by atoms with Gasteiger partial charge >= 0.3 is 0 Å². The molecule has 0 aliphatic carbocycles. The molecule has 0 spiro atoms. The zero-order chi connectivity index (χ0) is 15.8. The van der Waals surface area contributed by atoms with Gasteiger partial charge < -0.3 is 10.6 Å². The summed E-state index contributed by atoms with van der Waals surface area (Å²) in [7, 11) is 1.75. The number of aryl methyl sites for hydroxylation is 1. The smallest absolute Gasteiger partial charge is 0.191 e. The molecule has 3 N–H and O–H groups in total. The Morgan fingerprint density at radius 3 is 2.74 bits per heavy atom. The average molecular weight is 468 g/mol. The van der Waals surface area contributed by atoms with E-state index < -0.39 is 0 Å². The highest BCUT2D eigenvalue weighted by molar-refractivity contribution is 14.0. The molecular weight excluding hydrogens is 448 g/mol. The quantitative estimate of drug-likeness (QED) is 0.263. The molecule has 0 fully saturated rings. The van der Waals surface area contributed by atoms with E-state index in [4.69, 9.17) is 23.2 Å². The number of rotatable bonds is 6. The molecule has 2 rings (SSSR count). The molecule has 8 heteroatoms. The molecule has 126 valence electrons. The molecule has 0 saturated carbocycles. The van der Waals surface area contributed by atoms with Gasteiger partial charge in [-0.1, -0.05) is 29.3 Å². The number of halogens is 3. The number of hydrogen-bond donors (Lipinski definition) is 3. The van der Waals surface area contributed by atoms with Gasteiger partial charge in [-0.05, 0) is 36.6 Å². The van der Waals surface area contributed by atoms with Crippen LogP contribution in [-0.2, 0) is 13.0 Å². The van der Waals surface area contributed by atoms with Gasteiger partial charge in [0.05, 0.1) is 12.2 Å². The zero-order valence-corrected chi connectivity index (χ0v) is 16.6. The summed E-state index contributed by atoms with van der Waals surface area (Å²) in [6.45, 7) is 1.46. The van der Waals surface area contributed by atoms with Crippen molar-refractivity contribution in [3.8, 4) is 0 Å². The topological polar surface area (TPSA) is 65.1 Å². The minimum atomic E-state index is 0. The first-order chi connectivity index (χ1) is 10.7. The Bertz CT molecular complexity index is 616. The highest BCUT2D eigenvalue weighted by Gasteiger charge is 2.02. The van der Waals surface area contributed by atoms with Gasteiger partial charge in [0.15, 0.2) is 5.96 Å². The molecular formula is C15H20Cl2IN5. The van der Waals surface area contributed by atoms with Crippen LogP contribution in [0.3, 0.4) is 0 Å². The fourth-order valence-corrected chi connectivity index (χ4v) is 2.50. The molecule has 0 amide bonds. The molecule has 0 aliphatic heterocycles. The van der Waals surface area contributed by atoms with E-state index in [-0.39, 0.29) is 24.0 Å². The van der Waals surface area contributed by atoms with Crippen LogP contribution in [0.15, 0.2) is 35.5 Å². The standard InChI is InChI=1S/C15H19Cl2N5.HI/c1-18-15(20-10-13-6-8-21-22-13)19-7-2-3-11-4-5-12(16)9-14(11)17;/h4-6,8-9H,2-3,7,10H2,1H3,(H,21,22)(H2,18,19,20);1H. The van der Waals surface area contributed by atoms with Crippen LogP contribution in [0.2, 0.25) is 10.0 Å². The molecule has 0 radical (unpaired) electrons. The summed E-state index contributed by atoms with van der Waals surface area (Å²) in [5.74, 6) is 0.761. The highest BCUT2D eigenvalue weighted by Crippen LogP contribution is 2.21. The molecule has 23 heavy (non-hydrogen) atoms. The average Bonchev–Trinajstić information content (AvgIpc) is 3.01. The third-order valence-electron chi connectivity index (χ3n) is 3.16. The Balaban J connectivity index is 0.00000264. The zero-order valence-electron chi connectivity index (χ0n) is 12.8. The molecule has 0 bridgehead atoms. The predicted molar refractivity (Wildman–Crippen MR) is 107 cm³/mol. The summed E-state index contributed by atoms with van der Waals surface area (Å²) in [6.07, 6.45) is 3.57. The van der Waals surface area contributed by atoms with Crippen LogP contribution >= 0.6 is 47.2 Å². The summed E-state index contributed by atoms with van der Waals surface area (Å²) in [6, 6.07) is 7.52. The second-order valence-corrected chi connectivity index (χ2v) is 5.62. The van der Waals surface area contributed by atoms with Gasteiger partial charge in [-0.3, -0.25) is 10.1 Å². The number of aliphatic imine (C=N–C) groups is 1. The van der Waals surface area contributed by atoms with Crippen molar-refractivity contribution in [2.75, 3.05) is 13.6 Å². The van der Waals surface area contributed by atoms with Crippen molar-refractivity contribution in [2.45, 2.75) is 19.4 Å². The summed E-state index contributed by atoms with van der Waals surface area (Å²) in [5, 5.41) is 14.7. The van der Waals surface area contributed by atoms with Crippen LogP contribution in [0.5, 0.6) is 0 Å². The van der Waals surface area contributed by atoms with Gasteiger partial charge in [0.25, 0.3) is 0 Å². The van der Waals surface area contributed by atoms with Gasteiger partial charge in [-0.2, -0.15) is 5.10 Å². The third-order valence-corrected chi connectivity index (χ3v) is 3.75. The number of aromatic nitrogens is 2. The van der Waals surface area contributed by atoms with Gasteiger partial charge in [0.1, 0.15) is 0 Å². The van der Waals surface area contributed by atoms with Crippen LogP contribution in [0.4, 0.5) is 0 Å². The first kappa shape index (κ1) is 20.1. The van der Waals surface area contributed by atoms with Crippen LogP contribution in [0.25, 0.3) is 0 Å². The number of nitrogens with zero attached hydrogens (tertiary/aromatic N) is 2. The largest absolute Gasteiger partial charge is 0.356 e. The number of guanidine groups is 1. The second kappa shape index (κ2) is 10.7. The van der Waals surface area contributed by atoms with Gasteiger partial charge in [-0.15, -0.1) is 24.0 Å². The first-order valence-corrected chi connectivity index (χ1v) is 7.81. The summed E-state index contributed by atoms with van der Waals surface area (Å²) in [5.41, 5.74) is 2.11. The van der Waals surface area contributed by atoms with E-state index in [2.05, 4.69) is 25.8 Å². The van der Waals surface area contributed by atoms with Crippen molar-refractivity contribution in [3.05, 3.63) is 51.8 Å². The van der Waals surface area contributed by atoms with Crippen LogP contribution in [0, 0.1) is 0 Å². The van der Waals surface area contributed by atoms with E-state index in [0.717, 1.165) is 36.6 Å². The molecule has 1 heterocycles. The van der Waals surface area contributed by atoms with Crippen molar-refractivity contribution in [1.82, 2.24) is 20.8 Å². The van der Waals surface area contributed by atoms with Gasteiger partial charge in [-0.25, -0.2) is 0 Å². The van der Waals surface area contributed by atoms with Crippen molar-refractivity contribution >= 4 is 53.1 Å². The molecule has 1 aromatic heterocycles. The van der Waals surface area contributed by atoms with E-state index in [1.54, 1.807) is 19.3 Å². The third kappa shape index (κ3) is 6.97. The number of benzene rings is 1. The Morgan fingerprint density at radius 1 is 1.26 bits per heavy atom. The Morgan fingerprint density at radius 2 is 2.09 bits per heavy atom. The van der Waals surface area contributed by atoms with Gasteiger partial charge in [0, 0.05) is 29.8 Å². The van der Waals surface area contributed by atoms with E-state index in [1.807, 2.05) is 18.2 Å². The van der Waals surface area contributed by atoms with Crippen LogP contribution in [0.1, 0.15) is 17.7 Å². The SMILES string of the molecule is CN=C(NCCCc1ccc(Cl)cc1Cl)NCc1ccn[nH]1.I. The van der Waals surface area contributed by atoms with Crippen LogP contribution in [-0.4, -0.2) is 29.7 Å². The minimum Gasteiger partial charge on any atom is -0.356 e. The lowest BCUT2D eigenvalue weighted by Gasteiger charge is -2.11. The maximum atomic E-state index is 6.15. The Labute approximate surface area is 163 Å². The van der Waals surface area contributed by atoms with Crippen molar-refractivity contribution in [2.24, 2.45) is 4.99 Å². The number of nitrogens with one attached hydrogen (secondary N) is 3. The molecule has 5 nitrogen and oxygen atoms in total. The summed E-state index contributed by atoms with van der Waals surface area (Å²) < 4.78 is 0. The Kier molecular flexibility index (Phi) is 9.35. The molecule has 0 saturated heterocycles. The summed E-state index contributed by atoms with van der Waals surface area (Å²) in [4.78, 5) is 4.18. The van der Waals surface area contributed by atoms with Crippen molar-refractivity contribution < 1.29 is 0 Å².